The van der Waals surface area contributed by atoms with Gasteiger partial charge >= 0.3 is 0 Å². The molecule has 14 heavy (non-hydrogen) atoms. The van der Waals surface area contributed by atoms with Crippen LogP contribution in [-0.2, 0) is 4.79 Å². The van der Waals surface area contributed by atoms with Crippen LogP contribution in [0.4, 0.5) is 0 Å². The zero-order valence-electron chi connectivity index (χ0n) is 9.68. The second-order valence-electron chi connectivity index (χ2n) is 5.01. The van der Waals surface area contributed by atoms with Crippen LogP contribution in [0.15, 0.2) is 0 Å². The van der Waals surface area contributed by atoms with Crippen LogP contribution in [0.2, 0.25) is 0 Å². The molecule has 82 valence electrons. The maximum absolute atomic E-state index is 11.0. The molecule has 1 rings (SSSR count). The fourth-order valence-electron chi connectivity index (χ4n) is 2.52. The Morgan fingerprint density at radius 1 is 1.14 bits per heavy atom. The molecule has 2 atom stereocenters. The Bertz CT molecular complexity index is 179. The lowest BCUT2D eigenvalue weighted by molar-refractivity contribution is -0.119. The fourth-order valence-corrected chi connectivity index (χ4v) is 2.52. The first-order chi connectivity index (χ1) is 6.58. The summed E-state index contributed by atoms with van der Waals surface area (Å²) < 4.78 is 0. The Hall–Kier alpha value is -0.530. The molecule has 0 heterocycles. The van der Waals surface area contributed by atoms with Crippen molar-refractivity contribution in [3.8, 4) is 0 Å². The monoisotopic (exact) mass is 197 g/mol. The van der Waals surface area contributed by atoms with Crippen molar-refractivity contribution in [1.82, 2.24) is 5.32 Å². The molecule has 2 nitrogen and oxygen atoms in total. The summed E-state index contributed by atoms with van der Waals surface area (Å²) in [5, 5.41) is 3.07. The minimum Gasteiger partial charge on any atom is -0.354 e. The van der Waals surface area contributed by atoms with Crippen LogP contribution in [0.25, 0.3) is 0 Å². The van der Waals surface area contributed by atoms with Crippen LogP contribution < -0.4 is 5.32 Å². The summed E-state index contributed by atoms with van der Waals surface area (Å²) in [6.07, 6.45) is 6.31. The zero-order chi connectivity index (χ0) is 10.6. The first kappa shape index (κ1) is 11.5. The molecule has 1 fully saturated rings. The molecule has 1 saturated carbocycles. The summed E-state index contributed by atoms with van der Waals surface area (Å²) in [6.45, 7) is 6.21. The molecule has 0 aromatic heterocycles. The van der Waals surface area contributed by atoms with Gasteiger partial charge in [0.15, 0.2) is 0 Å². The van der Waals surface area contributed by atoms with Crippen molar-refractivity contribution in [3.63, 3.8) is 0 Å². The Morgan fingerprint density at radius 2 is 1.64 bits per heavy atom. The molecule has 0 spiro atoms. The van der Waals surface area contributed by atoms with E-state index in [0.29, 0.717) is 6.04 Å². The Kier molecular flexibility index (Phi) is 4.43. The van der Waals surface area contributed by atoms with Gasteiger partial charge in [-0.25, -0.2) is 0 Å². The Balaban J connectivity index is 2.47. The van der Waals surface area contributed by atoms with Gasteiger partial charge in [0.1, 0.15) is 0 Å². The van der Waals surface area contributed by atoms with Crippen LogP contribution in [0.5, 0.6) is 0 Å². The van der Waals surface area contributed by atoms with Gasteiger partial charge in [0.25, 0.3) is 0 Å². The van der Waals surface area contributed by atoms with Gasteiger partial charge in [0, 0.05) is 13.0 Å². The lowest BCUT2D eigenvalue weighted by Gasteiger charge is -2.27. The Morgan fingerprint density at radius 3 is 2.07 bits per heavy atom. The normalized spacial score (nSPS) is 34.4. The number of hydrogen-bond acceptors (Lipinski definition) is 1. The third kappa shape index (κ3) is 4.12. The topological polar surface area (TPSA) is 29.1 Å². The van der Waals surface area contributed by atoms with Crippen molar-refractivity contribution >= 4 is 5.91 Å². The van der Waals surface area contributed by atoms with Gasteiger partial charge in [-0.15, -0.1) is 0 Å². The first-order valence-corrected chi connectivity index (χ1v) is 5.85. The molecule has 2 unspecified atom stereocenters. The number of amides is 1. The number of nitrogens with one attached hydrogen (secondary N) is 1. The average molecular weight is 197 g/mol. The van der Waals surface area contributed by atoms with Crippen LogP contribution in [-0.4, -0.2) is 11.9 Å². The van der Waals surface area contributed by atoms with E-state index in [9.17, 15) is 4.79 Å². The second kappa shape index (κ2) is 5.38. The molecule has 0 bridgehead atoms. The van der Waals surface area contributed by atoms with Crippen molar-refractivity contribution in [2.75, 3.05) is 0 Å². The van der Waals surface area contributed by atoms with Gasteiger partial charge in [-0.05, 0) is 24.7 Å². The van der Waals surface area contributed by atoms with Gasteiger partial charge in [-0.1, -0.05) is 33.1 Å². The molecule has 1 N–H and O–H groups in total. The quantitative estimate of drug-likeness (QED) is 0.688. The van der Waals surface area contributed by atoms with Gasteiger partial charge < -0.3 is 5.32 Å². The molecule has 0 aromatic rings. The summed E-state index contributed by atoms with van der Waals surface area (Å²) in [6, 6.07) is 0.415. The fraction of sp³-hybridized carbons (Fsp3) is 0.917. The van der Waals surface area contributed by atoms with Gasteiger partial charge in [-0.3, -0.25) is 4.79 Å². The minimum absolute atomic E-state index is 0.120. The van der Waals surface area contributed by atoms with Gasteiger partial charge in [0.2, 0.25) is 5.91 Å². The van der Waals surface area contributed by atoms with Crippen molar-refractivity contribution < 1.29 is 4.79 Å². The van der Waals surface area contributed by atoms with Crippen molar-refractivity contribution in [3.05, 3.63) is 0 Å². The highest BCUT2D eigenvalue weighted by Crippen LogP contribution is 2.25. The van der Waals surface area contributed by atoms with E-state index < -0.39 is 0 Å². The third-order valence-electron chi connectivity index (χ3n) is 3.18. The van der Waals surface area contributed by atoms with Crippen LogP contribution in [0.1, 0.15) is 52.9 Å². The molecule has 0 radical (unpaired) electrons. The van der Waals surface area contributed by atoms with Crippen LogP contribution in [0, 0.1) is 11.8 Å². The number of carbonyl (C=O) groups is 1. The van der Waals surface area contributed by atoms with E-state index in [-0.39, 0.29) is 5.91 Å². The standard InChI is InChI=1S/C12H23NO/c1-9-5-4-6-10(2)8-12(7-9)13-11(3)14/h9-10,12H,4-8H2,1-3H3,(H,13,14). The van der Waals surface area contributed by atoms with Crippen molar-refractivity contribution in [2.24, 2.45) is 11.8 Å². The highest BCUT2D eigenvalue weighted by Gasteiger charge is 2.19. The van der Waals surface area contributed by atoms with Crippen LogP contribution in [0.3, 0.4) is 0 Å². The smallest absolute Gasteiger partial charge is 0.217 e. The molecule has 0 aliphatic heterocycles. The third-order valence-corrected chi connectivity index (χ3v) is 3.18. The highest BCUT2D eigenvalue weighted by atomic mass is 16.1. The second-order valence-corrected chi connectivity index (χ2v) is 5.01. The number of rotatable bonds is 1. The predicted molar refractivity (Wildman–Crippen MR) is 59.0 cm³/mol. The van der Waals surface area contributed by atoms with E-state index in [0.717, 1.165) is 24.7 Å². The molecule has 1 aliphatic rings. The van der Waals surface area contributed by atoms with E-state index in [1.54, 1.807) is 6.92 Å². The molecular weight excluding hydrogens is 174 g/mol. The summed E-state index contributed by atoms with van der Waals surface area (Å²) in [5.41, 5.74) is 0. The summed E-state index contributed by atoms with van der Waals surface area (Å²) >= 11 is 0. The minimum atomic E-state index is 0.120. The van der Waals surface area contributed by atoms with Gasteiger partial charge in [0.05, 0.1) is 0 Å². The molecule has 0 aromatic carbocycles. The van der Waals surface area contributed by atoms with E-state index in [4.69, 9.17) is 0 Å². The van der Waals surface area contributed by atoms with Crippen molar-refractivity contribution in [1.29, 1.82) is 0 Å². The van der Waals surface area contributed by atoms with E-state index in [1.165, 1.54) is 19.3 Å². The first-order valence-electron chi connectivity index (χ1n) is 5.85. The molecule has 0 saturated heterocycles. The molecule has 1 amide bonds. The highest BCUT2D eigenvalue weighted by molar-refractivity contribution is 5.73. The maximum atomic E-state index is 11.0. The average Bonchev–Trinajstić information content (AvgIpc) is 1.99. The number of carbonyl (C=O) groups excluding carboxylic acids is 1. The van der Waals surface area contributed by atoms with Crippen molar-refractivity contribution in [2.45, 2.75) is 58.9 Å². The molecule has 2 heteroatoms. The zero-order valence-corrected chi connectivity index (χ0v) is 9.68. The van der Waals surface area contributed by atoms with E-state index in [1.807, 2.05) is 0 Å². The molecular formula is C12H23NO. The van der Waals surface area contributed by atoms with Crippen LogP contribution >= 0.6 is 0 Å². The van der Waals surface area contributed by atoms with E-state index in [2.05, 4.69) is 19.2 Å². The van der Waals surface area contributed by atoms with E-state index >= 15 is 0 Å². The number of hydrogen-bond donors (Lipinski definition) is 1. The largest absolute Gasteiger partial charge is 0.354 e. The lowest BCUT2D eigenvalue weighted by atomic mass is 9.84. The Labute approximate surface area is 87.5 Å². The summed E-state index contributed by atoms with van der Waals surface area (Å²) in [5.74, 6) is 1.65. The summed E-state index contributed by atoms with van der Waals surface area (Å²) in [4.78, 5) is 11.0. The maximum Gasteiger partial charge on any atom is 0.217 e. The van der Waals surface area contributed by atoms with Gasteiger partial charge in [-0.2, -0.15) is 0 Å². The SMILES string of the molecule is CC(=O)NC1CC(C)CCCC(C)C1. The summed E-state index contributed by atoms with van der Waals surface area (Å²) in [7, 11) is 0. The molecule has 1 aliphatic carbocycles. The predicted octanol–water partition coefficient (Wildman–Crippen LogP) is 2.73. The lowest BCUT2D eigenvalue weighted by Crippen LogP contribution is -2.36.